The Labute approximate surface area is 200 Å². The van der Waals surface area contributed by atoms with Gasteiger partial charge in [0.15, 0.2) is 5.65 Å². The molecule has 4 aromatic rings. The zero-order valence-corrected chi connectivity index (χ0v) is 19.2. The van der Waals surface area contributed by atoms with Crippen LogP contribution in [0.1, 0.15) is 26.2 Å². The monoisotopic (exact) mass is 479 g/mol. The molecule has 7 nitrogen and oxygen atoms in total. The fraction of sp³-hybridized carbons (Fsp3) is 0.360. The van der Waals surface area contributed by atoms with Crippen LogP contribution >= 0.6 is 11.6 Å². The van der Waals surface area contributed by atoms with Crippen molar-refractivity contribution in [2.45, 2.75) is 32.3 Å². The van der Waals surface area contributed by atoms with Crippen molar-refractivity contribution in [3.05, 3.63) is 59.6 Å². The van der Waals surface area contributed by atoms with Crippen molar-refractivity contribution in [2.24, 2.45) is 23.7 Å². The molecule has 1 aromatic carbocycles. The number of amides is 1. The molecule has 34 heavy (non-hydrogen) atoms. The van der Waals surface area contributed by atoms with Crippen LogP contribution in [0.2, 0.25) is 5.02 Å². The Morgan fingerprint density at radius 3 is 2.88 bits per heavy atom. The molecule has 2 aliphatic carbocycles. The lowest BCUT2D eigenvalue weighted by Crippen LogP contribution is -2.27. The van der Waals surface area contributed by atoms with E-state index in [1.54, 1.807) is 41.2 Å². The molecule has 1 N–H and O–H groups in total. The first kappa shape index (κ1) is 21.3. The van der Waals surface area contributed by atoms with Gasteiger partial charge in [0, 0.05) is 23.7 Å². The molecule has 0 aliphatic heterocycles. The number of nitrogens with zero attached hydrogens (tertiary/aromatic N) is 4. The Bertz CT molecular complexity index is 1400. The Balaban J connectivity index is 1.10. The van der Waals surface area contributed by atoms with Crippen molar-refractivity contribution in [1.82, 2.24) is 19.6 Å². The summed E-state index contributed by atoms with van der Waals surface area (Å²) >= 11 is 6.00. The lowest BCUT2D eigenvalue weighted by atomic mass is 9.93. The topological polar surface area (TPSA) is 81.4 Å². The van der Waals surface area contributed by atoms with Crippen LogP contribution in [-0.2, 0) is 4.79 Å². The minimum atomic E-state index is -0.306. The lowest BCUT2D eigenvalue weighted by molar-refractivity contribution is -0.121. The molecule has 1 amide bonds. The number of rotatable bonds is 6. The number of nitrogens with one attached hydrogen (secondary N) is 1. The maximum atomic E-state index is 13.8. The Morgan fingerprint density at radius 1 is 1.26 bits per heavy atom. The van der Waals surface area contributed by atoms with Gasteiger partial charge in [0.05, 0.1) is 16.6 Å². The molecule has 5 atom stereocenters. The van der Waals surface area contributed by atoms with Gasteiger partial charge in [0.25, 0.3) is 0 Å². The van der Waals surface area contributed by atoms with Gasteiger partial charge >= 0.3 is 0 Å². The molecule has 2 saturated carbocycles. The van der Waals surface area contributed by atoms with E-state index in [0.29, 0.717) is 45.1 Å². The molecule has 0 radical (unpaired) electrons. The van der Waals surface area contributed by atoms with Crippen molar-refractivity contribution >= 4 is 40.0 Å². The molecule has 6 rings (SSSR count). The molecule has 0 bridgehead atoms. The Kier molecular flexibility index (Phi) is 5.13. The van der Waals surface area contributed by atoms with E-state index in [0.717, 1.165) is 19.3 Å². The Hall–Kier alpha value is -3.26. The van der Waals surface area contributed by atoms with E-state index in [1.807, 2.05) is 6.92 Å². The van der Waals surface area contributed by atoms with Gasteiger partial charge in [0.1, 0.15) is 11.6 Å². The molecule has 3 aromatic heterocycles. The van der Waals surface area contributed by atoms with Crippen LogP contribution in [0.15, 0.2) is 48.8 Å². The van der Waals surface area contributed by atoms with E-state index in [2.05, 4.69) is 20.4 Å². The van der Waals surface area contributed by atoms with Gasteiger partial charge in [-0.25, -0.2) is 8.91 Å². The summed E-state index contributed by atoms with van der Waals surface area (Å²) in [4.78, 5) is 21.7. The largest absolute Gasteiger partial charge is 0.490 e. The number of anilines is 1. The van der Waals surface area contributed by atoms with Gasteiger partial charge < -0.3 is 4.74 Å². The molecule has 9 heteroatoms. The molecule has 3 heterocycles. The third-order valence-electron chi connectivity index (χ3n) is 7.20. The quantitative estimate of drug-likeness (QED) is 0.414. The summed E-state index contributed by atoms with van der Waals surface area (Å²) < 4.78 is 21.6. The maximum Gasteiger partial charge on any atom is 0.249 e. The van der Waals surface area contributed by atoms with Gasteiger partial charge in [-0.3, -0.25) is 15.1 Å². The molecule has 2 aliphatic rings. The molecular formula is C25H23ClFN5O2. The number of ether oxygens (including phenoxy) is 1. The second kappa shape index (κ2) is 8.20. The number of pyridine rings is 2. The van der Waals surface area contributed by atoms with Crippen LogP contribution in [0.5, 0.6) is 5.75 Å². The van der Waals surface area contributed by atoms with Crippen LogP contribution in [0.3, 0.4) is 0 Å². The van der Waals surface area contributed by atoms with Crippen LogP contribution in [-0.4, -0.2) is 31.6 Å². The fourth-order valence-electron chi connectivity index (χ4n) is 5.66. The minimum Gasteiger partial charge on any atom is -0.490 e. The number of fused-ring (bicyclic) bond motifs is 3. The van der Waals surface area contributed by atoms with E-state index in [4.69, 9.17) is 16.3 Å². The highest BCUT2D eigenvalue weighted by molar-refractivity contribution is 6.30. The van der Waals surface area contributed by atoms with Crippen LogP contribution in [0, 0.1) is 29.5 Å². The van der Waals surface area contributed by atoms with Gasteiger partial charge in [0.2, 0.25) is 11.9 Å². The summed E-state index contributed by atoms with van der Waals surface area (Å²) in [6.07, 6.45) is 5.94. The molecule has 1 unspecified atom stereocenters. The maximum absolute atomic E-state index is 13.8. The van der Waals surface area contributed by atoms with Crippen molar-refractivity contribution in [1.29, 1.82) is 0 Å². The van der Waals surface area contributed by atoms with Crippen LogP contribution in [0.4, 0.5) is 10.3 Å². The highest BCUT2D eigenvalue weighted by Crippen LogP contribution is 2.62. The predicted octanol–water partition coefficient (Wildman–Crippen LogP) is 5.14. The zero-order valence-electron chi connectivity index (χ0n) is 18.5. The summed E-state index contributed by atoms with van der Waals surface area (Å²) in [6.45, 7) is 2.04. The van der Waals surface area contributed by atoms with Crippen molar-refractivity contribution in [2.75, 3.05) is 5.32 Å². The first-order valence-corrected chi connectivity index (χ1v) is 11.9. The summed E-state index contributed by atoms with van der Waals surface area (Å²) in [5, 5.41) is 8.44. The predicted molar refractivity (Wildman–Crippen MR) is 126 cm³/mol. The van der Waals surface area contributed by atoms with E-state index >= 15 is 0 Å². The number of hydrogen-bond donors (Lipinski definition) is 1. The van der Waals surface area contributed by atoms with Gasteiger partial charge in [-0.05, 0) is 73.4 Å². The highest BCUT2D eigenvalue weighted by Gasteiger charge is 2.60. The number of hydrogen-bond acceptors (Lipinski definition) is 5. The second-order valence-electron chi connectivity index (χ2n) is 9.18. The van der Waals surface area contributed by atoms with Crippen molar-refractivity contribution in [3.63, 3.8) is 0 Å². The number of halogens is 2. The fourth-order valence-corrected chi connectivity index (χ4v) is 5.81. The van der Waals surface area contributed by atoms with Crippen molar-refractivity contribution in [3.8, 4) is 5.75 Å². The first-order valence-electron chi connectivity index (χ1n) is 11.5. The standard InChI is InChI=1S/C25H23ClFN5O2/c1-2-16(24(33)30-25-29-22-6-3-13(26)12-32(22)31-25)23-17-10-15(11-18(17)23)34-21-7-8-28-20-5-4-14(27)9-19(20)21/h3-9,12,15-18,23H,2,10-11H2,1H3,(H,30,31,33)/t15-,16?,17-,18+,23+. The first-order chi connectivity index (χ1) is 16.5. The molecular weight excluding hydrogens is 457 g/mol. The number of benzene rings is 1. The van der Waals surface area contributed by atoms with E-state index in [1.165, 1.54) is 12.1 Å². The third-order valence-corrected chi connectivity index (χ3v) is 7.42. The molecule has 0 saturated heterocycles. The van der Waals surface area contributed by atoms with Gasteiger partial charge in [-0.2, -0.15) is 4.98 Å². The zero-order chi connectivity index (χ0) is 23.4. The summed E-state index contributed by atoms with van der Waals surface area (Å²) in [6, 6.07) is 9.82. The average molecular weight is 480 g/mol. The Morgan fingerprint density at radius 2 is 2.09 bits per heavy atom. The van der Waals surface area contributed by atoms with E-state index < -0.39 is 0 Å². The smallest absolute Gasteiger partial charge is 0.249 e. The number of carbonyl (C=O) groups excluding carboxylic acids is 1. The second-order valence-corrected chi connectivity index (χ2v) is 9.61. The van der Waals surface area contributed by atoms with Gasteiger partial charge in [-0.15, -0.1) is 5.10 Å². The summed E-state index contributed by atoms with van der Waals surface area (Å²) in [7, 11) is 0. The van der Waals surface area contributed by atoms with Gasteiger partial charge in [-0.1, -0.05) is 18.5 Å². The normalized spacial score (nSPS) is 24.2. The molecule has 2 fully saturated rings. The summed E-state index contributed by atoms with van der Waals surface area (Å²) in [5.41, 5.74) is 1.34. The third kappa shape index (κ3) is 3.76. The number of carbonyl (C=O) groups is 1. The van der Waals surface area contributed by atoms with Crippen LogP contribution in [0.25, 0.3) is 16.6 Å². The van der Waals surface area contributed by atoms with Crippen molar-refractivity contribution < 1.29 is 13.9 Å². The van der Waals surface area contributed by atoms with Crippen LogP contribution < -0.4 is 10.1 Å². The molecule has 174 valence electrons. The SMILES string of the molecule is CCC(C(=O)Nc1nc2ccc(Cl)cn2n1)[C@H]1[C@@H]2C[C@@H](Oc3ccnc4ccc(F)cc34)C[C@@H]21. The molecule has 0 spiro atoms. The highest BCUT2D eigenvalue weighted by atomic mass is 35.5. The summed E-state index contributed by atoms with van der Waals surface area (Å²) in [5.74, 6) is 1.75. The van der Waals surface area contributed by atoms with E-state index in [-0.39, 0.29) is 29.7 Å². The minimum absolute atomic E-state index is 0.0445. The number of aromatic nitrogens is 4. The van der Waals surface area contributed by atoms with E-state index in [9.17, 15) is 9.18 Å². The average Bonchev–Trinajstić information content (AvgIpc) is 3.13. The lowest BCUT2D eigenvalue weighted by Gasteiger charge is -2.21.